The van der Waals surface area contributed by atoms with E-state index < -0.39 is 0 Å². The Kier molecular flexibility index (Phi) is 5.35. The van der Waals surface area contributed by atoms with Gasteiger partial charge in [0.15, 0.2) is 5.69 Å². The lowest BCUT2D eigenvalue weighted by atomic mass is 10.2. The molecule has 29 heavy (non-hydrogen) atoms. The van der Waals surface area contributed by atoms with Crippen molar-refractivity contribution in [1.82, 2.24) is 24.9 Å². The maximum absolute atomic E-state index is 13.0. The largest absolute Gasteiger partial charge is 0.497 e. The molecule has 0 atom stereocenters. The van der Waals surface area contributed by atoms with Crippen LogP contribution in [0.4, 0.5) is 5.82 Å². The zero-order valence-corrected chi connectivity index (χ0v) is 17.0. The van der Waals surface area contributed by atoms with E-state index in [-0.39, 0.29) is 5.91 Å². The Bertz CT molecular complexity index is 1010. The molecule has 2 aromatic heterocycles. The zero-order chi connectivity index (χ0) is 20.4. The molecule has 0 spiro atoms. The Labute approximate surface area is 173 Å². The van der Waals surface area contributed by atoms with Gasteiger partial charge in [-0.2, -0.15) is 0 Å². The summed E-state index contributed by atoms with van der Waals surface area (Å²) in [7, 11) is 1.61. The minimum atomic E-state index is -0.111. The molecule has 4 rings (SSSR count). The monoisotopic (exact) mass is 412 g/mol. The highest BCUT2D eigenvalue weighted by molar-refractivity contribution is 6.30. The van der Waals surface area contributed by atoms with Crippen molar-refractivity contribution in [1.29, 1.82) is 0 Å². The van der Waals surface area contributed by atoms with Crippen LogP contribution in [-0.4, -0.2) is 64.1 Å². The minimum Gasteiger partial charge on any atom is -0.497 e. The first-order valence-corrected chi connectivity index (χ1v) is 9.67. The Morgan fingerprint density at radius 1 is 1.14 bits per heavy atom. The molecule has 1 fully saturated rings. The summed E-state index contributed by atoms with van der Waals surface area (Å²) in [5.41, 5.74) is 1.86. The molecule has 1 aliphatic rings. The number of ether oxygens (including phenoxy) is 1. The molecule has 0 aliphatic carbocycles. The number of anilines is 1. The fourth-order valence-electron chi connectivity index (χ4n) is 3.36. The van der Waals surface area contributed by atoms with E-state index in [9.17, 15) is 4.79 Å². The summed E-state index contributed by atoms with van der Waals surface area (Å²) < 4.78 is 6.92. The summed E-state index contributed by atoms with van der Waals surface area (Å²) in [5.74, 6) is 1.47. The lowest BCUT2D eigenvalue weighted by Gasteiger charge is -2.35. The average molecular weight is 413 g/mol. The minimum absolute atomic E-state index is 0.111. The normalized spacial score (nSPS) is 14.2. The van der Waals surface area contributed by atoms with E-state index in [0.717, 1.165) is 17.3 Å². The molecule has 1 aliphatic heterocycles. The number of halogens is 1. The van der Waals surface area contributed by atoms with Crippen molar-refractivity contribution in [2.75, 3.05) is 38.2 Å². The molecular formula is C20H21ClN6O2. The van der Waals surface area contributed by atoms with E-state index in [1.807, 2.05) is 43.3 Å². The van der Waals surface area contributed by atoms with Crippen LogP contribution in [0, 0.1) is 6.92 Å². The van der Waals surface area contributed by atoms with Crippen molar-refractivity contribution in [2.45, 2.75) is 6.92 Å². The van der Waals surface area contributed by atoms with Crippen LogP contribution in [0.1, 0.15) is 16.2 Å². The first-order chi connectivity index (χ1) is 14.1. The Morgan fingerprint density at radius 2 is 1.93 bits per heavy atom. The number of pyridine rings is 1. The second-order valence-electron chi connectivity index (χ2n) is 6.75. The quantitative estimate of drug-likeness (QED) is 0.655. The summed E-state index contributed by atoms with van der Waals surface area (Å²) >= 11 is 5.91. The fourth-order valence-corrected chi connectivity index (χ4v) is 3.47. The number of amides is 1. The molecule has 1 aromatic carbocycles. The zero-order valence-electron chi connectivity index (χ0n) is 16.2. The van der Waals surface area contributed by atoms with Crippen molar-refractivity contribution in [2.24, 2.45) is 0 Å². The molecule has 0 radical (unpaired) electrons. The number of aromatic nitrogens is 4. The van der Waals surface area contributed by atoms with E-state index in [1.54, 1.807) is 22.9 Å². The van der Waals surface area contributed by atoms with E-state index in [4.69, 9.17) is 16.3 Å². The molecule has 1 saturated heterocycles. The van der Waals surface area contributed by atoms with Gasteiger partial charge in [0.2, 0.25) is 0 Å². The fraction of sp³-hybridized carbons (Fsp3) is 0.300. The van der Waals surface area contributed by atoms with Gasteiger partial charge in [0.1, 0.15) is 11.6 Å². The second kappa shape index (κ2) is 8.08. The predicted octanol–water partition coefficient (Wildman–Crippen LogP) is 2.60. The Hall–Kier alpha value is -3.13. The average Bonchev–Trinajstić information content (AvgIpc) is 3.15. The lowest BCUT2D eigenvalue weighted by Crippen LogP contribution is -2.49. The van der Waals surface area contributed by atoms with E-state index >= 15 is 0 Å². The maximum Gasteiger partial charge on any atom is 0.276 e. The highest BCUT2D eigenvalue weighted by atomic mass is 35.5. The predicted molar refractivity (Wildman–Crippen MR) is 110 cm³/mol. The topological polar surface area (TPSA) is 76.4 Å². The summed E-state index contributed by atoms with van der Waals surface area (Å²) in [6.07, 6.45) is 1.63. The van der Waals surface area contributed by atoms with Crippen LogP contribution in [-0.2, 0) is 0 Å². The van der Waals surface area contributed by atoms with E-state index in [1.165, 1.54) is 0 Å². The van der Waals surface area contributed by atoms with Gasteiger partial charge in [-0.25, -0.2) is 9.67 Å². The second-order valence-corrected chi connectivity index (χ2v) is 7.19. The van der Waals surface area contributed by atoms with E-state index in [0.29, 0.717) is 42.6 Å². The molecule has 8 nitrogen and oxygen atoms in total. The summed E-state index contributed by atoms with van der Waals surface area (Å²) in [6, 6.07) is 11.2. The highest BCUT2D eigenvalue weighted by Crippen LogP contribution is 2.20. The molecule has 1 amide bonds. The molecule has 0 bridgehead atoms. The Morgan fingerprint density at radius 3 is 2.62 bits per heavy atom. The molecule has 9 heteroatoms. The Balaban J connectivity index is 1.47. The van der Waals surface area contributed by atoms with Gasteiger partial charge in [0.05, 0.1) is 23.5 Å². The van der Waals surface area contributed by atoms with Gasteiger partial charge in [-0.05, 0) is 31.2 Å². The van der Waals surface area contributed by atoms with Crippen LogP contribution in [0.25, 0.3) is 5.69 Å². The number of piperazine rings is 1. The van der Waals surface area contributed by atoms with Crippen molar-refractivity contribution in [3.8, 4) is 11.4 Å². The number of nitrogens with zero attached hydrogens (tertiary/aromatic N) is 6. The SMILES string of the molecule is COc1cccc(-n2nnc(C(=O)N3CCN(c4ccc(Cl)cn4)CC3)c2C)c1. The number of rotatable bonds is 4. The van der Waals surface area contributed by atoms with Crippen molar-refractivity contribution >= 4 is 23.3 Å². The molecule has 150 valence electrons. The third-order valence-corrected chi connectivity index (χ3v) is 5.22. The van der Waals surface area contributed by atoms with Crippen LogP contribution in [0.15, 0.2) is 42.6 Å². The highest BCUT2D eigenvalue weighted by Gasteiger charge is 2.27. The van der Waals surface area contributed by atoms with Crippen LogP contribution in [0.5, 0.6) is 5.75 Å². The van der Waals surface area contributed by atoms with Gasteiger partial charge in [-0.15, -0.1) is 5.10 Å². The first kappa shape index (κ1) is 19.2. The van der Waals surface area contributed by atoms with Gasteiger partial charge >= 0.3 is 0 Å². The molecule has 0 N–H and O–H groups in total. The molecule has 3 aromatic rings. The van der Waals surface area contributed by atoms with Gasteiger partial charge in [-0.3, -0.25) is 4.79 Å². The van der Waals surface area contributed by atoms with Crippen molar-refractivity contribution in [3.63, 3.8) is 0 Å². The number of carbonyl (C=O) groups excluding carboxylic acids is 1. The summed E-state index contributed by atoms with van der Waals surface area (Å²) in [5, 5.41) is 8.94. The number of hydrogen-bond acceptors (Lipinski definition) is 6. The van der Waals surface area contributed by atoms with Gasteiger partial charge < -0.3 is 14.5 Å². The van der Waals surface area contributed by atoms with Crippen LogP contribution < -0.4 is 9.64 Å². The van der Waals surface area contributed by atoms with Crippen LogP contribution in [0.2, 0.25) is 5.02 Å². The van der Waals surface area contributed by atoms with Crippen LogP contribution in [0.3, 0.4) is 0 Å². The molecular weight excluding hydrogens is 392 g/mol. The number of methoxy groups -OCH3 is 1. The maximum atomic E-state index is 13.0. The number of carbonyl (C=O) groups is 1. The third kappa shape index (κ3) is 3.88. The van der Waals surface area contributed by atoms with Crippen LogP contribution >= 0.6 is 11.6 Å². The van der Waals surface area contributed by atoms with E-state index in [2.05, 4.69) is 20.2 Å². The number of hydrogen-bond donors (Lipinski definition) is 0. The van der Waals surface area contributed by atoms with Gasteiger partial charge in [0, 0.05) is 38.4 Å². The molecule has 3 heterocycles. The molecule has 0 saturated carbocycles. The summed E-state index contributed by atoms with van der Waals surface area (Å²) in [6.45, 7) is 4.43. The summed E-state index contributed by atoms with van der Waals surface area (Å²) in [4.78, 5) is 21.3. The van der Waals surface area contributed by atoms with Gasteiger partial charge in [-0.1, -0.05) is 22.9 Å². The first-order valence-electron chi connectivity index (χ1n) is 9.29. The van der Waals surface area contributed by atoms with Crippen molar-refractivity contribution < 1.29 is 9.53 Å². The smallest absolute Gasteiger partial charge is 0.276 e. The standard InChI is InChI=1S/C20H21ClN6O2/c1-14-19(23-24-27(14)16-4-3-5-17(12-16)29-2)20(28)26-10-8-25(9-11-26)18-7-6-15(21)13-22-18/h3-7,12-13H,8-11H2,1-2H3. The lowest BCUT2D eigenvalue weighted by molar-refractivity contribution is 0.0739. The van der Waals surface area contributed by atoms with Gasteiger partial charge in [0.25, 0.3) is 5.91 Å². The number of benzene rings is 1. The molecule has 0 unspecified atom stereocenters. The van der Waals surface area contributed by atoms with Crippen molar-refractivity contribution in [3.05, 3.63) is 59.0 Å². The third-order valence-electron chi connectivity index (χ3n) is 5.00.